The monoisotopic (exact) mass is 193 g/mol. The maximum Gasteiger partial charge on any atom is 0.316 e. The van der Waals surface area contributed by atoms with E-state index in [4.69, 9.17) is 10.5 Å². The van der Waals surface area contributed by atoms with Crippen LogP contribution in [0.15, 0.2) is 0 Å². The summed E-state index contributed by atoms with van der Waals surface area (Å²) in [6.07, 6.45) is 0.837. The van der Waals surface area contributed by atoms with E-state index in [1.165, 1.54) is 0 Å². The summed E-state index contributed by atoms with van der Waals surface area (Å²) >= 11 is 5.68. The molecule has 0 aliphatic heterocycles. The summed E-state index contributed by atoms with van der Waals surface area (Å²) in [6, 6.07) is 0. The Morgan fingerprint density at radius 1 is 1.73 bits per heavy atom. The van der Waals surface area contributed by atoms with Crippen LogP contribution in [-0.4, -0.2) is 22.6 Å². The summed E-state index contributed by atoms with van der Waals surface area (Å²) < 4.78 is 5.04. The number of hydrogen-bond acceptors (Lipinski definition) is 4. The van der Waals surface area contributed by atoms with Gasteiger partial charge < -0.3 is 10.5 Å². The second-order valence-corrected chi connectivity index (χ2v) is 3.54. The zero-order chi connectivity index (χ0) is 8.69. The first-order valence-corrected chi connectivity index (χ1v) is 4.64. The Morgan fingerprint density at radius 3 is 2.82 bits per heavy atom. The van der Waals surface area contributed by atoms with Crippen molar-refractivity contribution in [3.8, 4) is 0 Å². The number of ether oxygens (including phenoxy) is 1. The predicted molar refractivity (Wildman–Crippen MR) is 50.5 cm³/mol. The molecule has 11 heavy (non-hydrogen) atoms. The molecule has 0 saturated heterocycles. The van der Waals surface area contributed by atoms with Crippen molar-refractivity contribution < 1.29 is 9.53 Å². The largest absolute Gasteiger partial charge is 0.465 e. The maximum atomic E-state index is 10.7. The van der Waals surface area contributed by atoms with E-state index in [1.54, 1.807) is 0 Å². The number of carbonyl (C=O) groups excluding carboxylic acids is 1. The van der Waals surface area contributed by atoms with Crippen LogP contribution in [0, 0.1) is 0 Å². The Balaban J connectivity index is 3.30. The molecule has 0 bridgehead atoms. The van der Waals surface area contributed by atoms with Gasteiger partial charge in [0.1, 0.15) is 4.32 Å². The molecule has 64 valence electrons. The summed E-state index contributed by atoms with van der Waals surface area (Å²) in [5.41, 5.74) is 5.16. The zero-order valence-electron chi connectivity index (χ0n) is 6.33. The molecule has 0 rings (SSSR count). The minimum Gasteiger partial charge on any atom is -0.465 e. The van der Waals surface area contributed by atoms with Gasteiger partial charge in [0.05, 0.1) is 12.4 Å². The van der Waals surface area contributed by atoms with E-state index in [1.807, 2.05) is 6.92 Å². The van der Waals surface area contributed by atoms with Gasteiger partial charge >= 0.3 is 5.97 Å². The first kappa shape index (κ1) is 10.7. The normalized spacial score (nSPS) is 9.18. The van der Waals surface area contributed by atoms with E-state index in [0.29, 0.717) is 6.61 Å². The van der Waals surface area contributed by atoms with Crippen LogP contribution in [0.4, 0.5) is 0 Å². The molecule has 0 aliphatic carbocycles. The van der Waals surface area contributed by atoms with Crippen molar-refractivity contribution in [3.63, 3.8) is 0 Å². The van der Waals surface area contributed by atoms with Crippen molar-refractivity contribution in [2.75, 3.05) is 12.4 Å². The molecule has 0 aromatic rings. The van der Waals surface area contributed by atoms with Crippen LogP contribution in [0.2, 0.25) is 0 Å². The molecule has 2 N–H and O–H groups in total. The number of thiocarbonyl (C=S) groups is 1. The molecule has 3 nitrogen and oxygen atoms in total. The summed E-state index contributed by atoms with van der Waals surface area (Å²) in [5.74, 6) is -0.0420. The number of hydrogen-bond donors (Lipinski definition) is 1. The Kier molecular flexibility index (Phi) is 6.25. The lowest BCUT2D eigenvalue weighted by Gasteiger charge is -2.00. The number of thioether (sulfide) groups is 1. The molecule has 0 aromatic heterocycles. The molecule has 0 heterocycles. The highest BCUT2D eigenvalue weighted by atomic mass is 32.2. The van der Waals surface area contributed by atoms with Crippen molar-refractivity contribution in [2.45, 2.75) is 13.3 Å². The summed E-state index contributed by atoms with van der Waals surface area (Å²) in [5, 5.41) is 0. The lowest BCUT2D eigenvalue weighted by molar-refractivity contribution is -0.140. The van der Waals surface area contributed by atoms with Gasteiger partial charge in [0, 0.05) is 0 Å². The molecule has 0 spiro atoms. The van der Waals surface area contributed by atoms with Gasteiger partial charge in [0.2, 0.25) is 0 Å². The average Bonchev–Trinajstić information content (AvgIpc) is 1.97. The Bertz CT molecular complexity index is 150. The summed E-state index contributed by atoms with van der Waals surface area (Å²) in [6.45, 7) is 2.41. The highest BCUT2D eigenvalue weighted by molar-refractivity contribution is 8.23. The molecule has 0 saturated carbocycles. The quantitative estimate of drug-likeness (QED) is 0.531. The fourth-order valence-electron chi connectivity index (χ4n) is 0.388. The number of carbonyl (C=O) groups is 1. The third-order valence-electron chi connectivity index (χ3n) is 0.799. The lowest BCUT2D eigenvalue weighted by atomic mass is 10.5. The topological polar surface area (TPSA) is 52.3 Å². The van der Waals surface area contributed by atoms with Crippen LogP contribution in [0.5, 0.6) is 0 Å². The van der Waals surface area contributed by atoms with Crippen LogP contribution in [0.1, 0.15) is 13.3 Å². The minimum absolute atomic E-state index is 0.218. The van der Waals surface area contributed by atoms with Crippen LogP contribution in [0.25, 0.3) is 0 Å². The van der Waals surface area contributed by atoms with Gasteiger partial charge in [-0.2, -0.15) is 0 Å². The highest BCUT2D eigenvalue weighted by Crippen LogP contribution is 2.00. The molecule has 0 aliphatic rings. The summed E-state index contributed by atoms with van der Waals surface area (Å²) in [7, 11) is 0. The van der Waals surface area contributed by atoms with Crippen LogP contribution < -0.4 is 5.73 Å². The predicted octanol–water partition coefficient (Wildman–Crippen LogP) is 0.916. The average molecular weight is 193 g/mol. The maximum absolute atomic E-state index is 10.7. The molecule has 0 aromatic carbocycles. The van der Waals surface area contributed by atoms with E-state index < -0.39 is 0 Å². The van der Waals surface area contributed by atoms with Crippen molar-refractivity contribution in [1.29, 1.82) is 0 Å². The van der Waals surface area contributed by atoms with Gasteiger partial charge in [-0.25, -0.2) is 0 Å². The SMILES string of the molecule is CCCOC(=O)CSC(N)=S. The van der Waals surface area contributed by atoms with Crippen LogP contribution in [0.3, 0.4) is 0 Å². The first-order valence-electron chi connectivity index (χ1n) is 3.24. The van der Waals surface area contributed by atoms with Crippen molar-refractivity contribution in [1.82, 2.24) is 0 Å². The second kappa shape index (κ2) is 6.42. The summed E-state index contributed by atoms with van der Waals surface area (Å²) in [4.78, 5) is 10.7. The molecule has 5 heteroatoms. The van der Waals surface area contributed by atoms with E-state index in [0.717, 1.165) is 18.2 Å². The van der Waals surface area contributed by atoms with Crippen molar-refractivity contribution in [3.05, 3.63) is 0 Å². The van der Waals surface area contributed by atoms with Gasteiger partial charge in [-0.1, -0.05) is 30.9 Å². The van der Waals surface area contributed by atoms with Gasteiger partial charge in [-0.3, -0.25) is 4.79 Å². The minimum atomic E-state index is -0.260. The zero-order valence-corrected chi connectivity index (χ0v) is 7.96. The Morgan fingerprint density at radius 2 is 2.36 bits per heavy atom. The fourth-order valence-corrected chi connectivity index (χ4v) is 0.908. The number of rotatable bonds is 4. The van der Waals surface area contributed by atoms with Crippen LogP contribution in [-0.2, 0) is 9.53 Å². The number of nitrogens with two attached hydrogens (primary N) is 1. The molecular formula is C6H11NO2S2. The Hall–Kier alpha value is -0.290. The fraction of sp³-hybridized carbons (Fsp3) is 0.667. The van der Waals surface area contributed by atoms with Gasteiger partial charge in [0.15, 0.2) is 0 Å². The van der Waals surface area contributed by atoms with Gasteiger partial charge in [-0.05, 0) is 6.42 Å². The van der Waals surface area contributed by atoms with Gasteiger partial charge in [-0.15, -0.1) is 0 Å². The van der Waals surface area contributed by atoms with E-state index in [-0.39, 0.29) is 16.0 Å². The van der Waals surface area contributed by atoms with Gasteiger partial charge in [0.25, 0.3) is 0 Å². The highest BCUT2D eigenvalue weighted by Gasteiger charge is 2.02. The number of esters is 1. The molecule has 0 radical (unpaired) electrons. The van der Waals surface area contributed by atoms with Crippen molar-refractivity contribution in [2.24, 2.45) is 5.73 Å². The second-order valence-electron chi connectivity index (χ2n) is 1.83. The molecule has 0 fully saturated rings. The molecule has 0 atom stereocenters. The molecule has 0 amide bonds. The molecule has 0 unspecified atom stereocenters. The van der Waals surface area contributed by atoms with E-state index >= 15 is 0 Å². The van der Waals surface area contributed by atoms with Crippen molar-refractivity contribution >= 4 is 34.3 Å². The van der Waals surface area contributed by atoms with E-state index in [9.17, 15) is 4.79 Å². The smallest absolute Gasteiger partial charge is 0.316 e. The molecular weight excluding hydrogens is 182 g/mol. The lowest BCUT2D eigenvalue weighted by Crippen LogP contribution is -2.12. The third-order valence-corrected chi connectivity index (χ3v) is 1.82. The first-order chi connectivity index (χ1) is 5.16. The third kappa shape index (κ3) is 7.61. The van der Waals surface area contributed by atoms with E-state index in [2.05, 4.69) is 12.2 Å². The van der Waals surface area contributed by atoms with Crippen LogP contribution >= 0.6 is 24.0 Å². The Labute approximate surface area is 75.7 Å². The standard InChI is InChI=1S/C6H11NO2S2/c1-2-3-9-5(8)4-11-6(7)10/h2-4H2,1H3,(H2,7,10).